The molecule has 8 nitrogen and oxygen atoms in total. The first-order chi connectivity index (χ1) is 16.0. The van der Waals surface area contributed by atoms with E-state index in [1.54, 1.807) is 13.3 Å². The number of likely N-dealkylation sites (tertiary alicyclic amines) is 1. The molecular formula is C25H32N6O2. The Balaban J connectivity index is 1.62. The fourth-order valence-corrected chi connectivity index (χ4v) is 4.40. The summed E-state index contributed by atoms with van der Waals surface area (Å²) in [6.07, 6.45) is 8.27. The zero-order valence-electron chi connectivity index (χ0n) is 19.9. The molecule has 8 heteroatoms. The summed E-state index contributed by atoms with van der Waals surface area (Å²) in [5, 5.41) is 0. The highest BCUT2D eigenvalue weighted by atomic mass is 16.5. The van der Waals surface area contributed by atoms with Gasteiger partial charge in [-0.3, -0.25) is 4.79 Å². The van der Waals surface area contributed by atoms with Gasteiger partial charge in [-0.05, 0) is 30.5 Å². The predicted octanol–water partition coefficient (Wildman–Crippen LogP) is 3.38. The number of rotatable bonds is 7. The number of imidazole rings is 1. The summed E-state index contributed by atoms with van der Waals surface area (Å²) in [6, 6.07) is 7.97. The van der Waals surface area contributed by atoms with Crippen LogP contribution >= 0.6 is 0 Å². The molecule has 1 saturated heterocycles. The van der Waals surface area contributed by atoms with Gasteiger partial charge in [0.25, 0.3) is 0 Å². The molecule has 0 radical (unpaired) electrons. The minimum Gasteiger partial charge on any atom is -0.497 e. The summed E-state index contributed by atoms with van der Waals surface area (Å²) >= 11 is 0. The highest BCUT2D eigenvalue weighted by molar-refractivity contribution is 5.76. The molecule has 1 fully saturated rings. The number of amides is 1. The lowest BCUT2D eigenvalue weighted by atomic mass is 9.90. The maximum Gasteiger partial charge on any atom is 0.242 e. The van der Waals surface area contributed by atoms with E-state index in [9.17, 15) is 4.79 Å². The van der Waals surface area contributed by atoms with Gasteiger partial charge in [0.2, 0.25) is 11.9 Å². The summed E-state index contributed by atoms with van der Waals surface area (Å²) in [7, 11) is 5.55. The fourth-order valence-electron chi connectivity index (χ4n) is 4.40. The summed E-state index contributed by atoms with van der Waals surface area (Å²) in [5.74, 6) is 2.66. The van der Waals surface area contributed by atoms with Gasteiger partial charge in [0.15, 0.2) is 0 Å². The molecule has 1 aromatic carbocycles. The van der Waals surface area contributed by atoms with Crippen LogP contribution in [0.3, 0.4) is 0 Å². The van der Waals surface area contributed by atoms with Crippen LogP contribution in [0.1, 0.15) is 37.2 Å². The van der Waals surface area contributed by atoms with E-state index in [4.69, 9.17) is 9.72 Å². The molecule has 1 atom stereocenters. The Labute approximate surface area is 195 Å². The Bertz CT molecular complexity index is 1110. The standard InChI is InChI=1S/C25H32N6O2/c1-5-22-26-11-13-30(22)17-23(32)31-12-7-9-19(16-31)24-21(15-27-25(28-24)29(2)3)18-8-6-10-20(14-18)33-4/h6,8,10-11,13-15,19H,5,7,9,12,16-17H2,1-4H3. The number of nitrogens with zero attached hydrogens (tertiary/aromatic N) is 6. The summed E-state index contributed by atoms with van der Waals surface area (Å²) in [5.41, 5.74) is 2.99. The number of hydrogen-bond donors (Lipinski definition) is 0. The molecule has 1 aliphatic rings. The zero-order valence-corrected chi connectivity index (χ0v) is 19.9. The first kappa shape index (κ1) is 22.8. The van der Waals surface area contributed by atoms with Crippen molar-refractivity contribution in [2.24, 2.45) is 0 Å². The number of ether oxygens (including phenoxy) is 1. The van der Waals surface area contributed by atoms with Crippen LogP contribution in [0.15, 0.2) is 42.9 Å². The number of anilines is 1. The van der Waals surface area contributed by atoms with Crippen molar-refractivity contribution >= 4 is 11.9 Å². The normalized spacial score (nSPS) is 16.0. The van der Waals surface area contributed by atoms with Crippen LogP contribution in [0.25, 0.3) is 11.1 Å². The molecule has 1 aliphatic heterocycles. The maximum absolute atomic E-state index is 13.1. The number of carbonyl (C=O) groups is 1. The first-order valence-corrected chi connectivity index (χ1v) is 11.5. The van der Waals surface area contributed by atoms with Crippen LogP contribution in [0.4, 0.5) is 5.95 Å². The monoisotopic (exact) mass is 448 g/mol. The van der Waals surface area contributed by atoms with E-state index >= 15 is 0 Å². The molecule has 0 spiro atoms. The molecule has 0 saturated carbocycles. The fraction of sp³-hybridized carbons (Fsp3) is 0.440. The lowest BCUT2D eigenvalue weighted by molar-refractivity contribution is -0.133. The number of aromatic nitrogens is 4. The van der Waals surface area contributed by atoms with E-state index in [1.807, 2.05) is 59.1 Å². The van der Waals surface area contributed by atoms with E-state index in [1.165, 1.54) is 0 Å². The Morgan fingerprint density at radius 2 is 2.12 bits per heavy atom. The van der Waals surface area contributed by atoms with Gasteiger partial charge < -0.3 is 19.1 Å². The Hall–Kier alpha value is -3.42. The first-order valence-electron chi connectivity index (χ1n) is 11.5. The number of methoxy groups -OCH3 is 1. The van der Waals surface area contributed by atoms with Gasteiger partial charge in [0.1, 0.15) is 18.1 Å². The molecule has 4 rings (SSSR count). The van der Waals surface area contributed by atoms with E-state index in [-0.39, 0.29) is 11.8 Å². The minimum atomic E-state index is 0.122. The zero-order chi connectivity index (χ0) is 23.4. The van der Waals surface area contributed by atoms with Crippen molar-refractivity contribution in [2.45, 2.75) is 38.6 Å². The van der Waals surface area contributed by atoms with E-state index in [2.05, 4.69) is 23.0 Å². The molecular weight excluding hydrogens is 416 g/mol. The summed E-state index contributed by atoms with van der Waals surface area (Å²) < 4.78 is 7.38. The number of benzene rings is 1. The minimum absolute atomic E-state index is 0.122. The molecule has 0 N–H and O–H groups in total. The molecule has 0 aliphatic carbocycles. The van der Waals surface area contributed by atoms with Crippen molar-refractivity contribution in [2.75, 3.05) is 39.2 Å². The van der Waals surface area contributed by atoms with Crippen molar-refractivity contribution in [3.05, 3.63) is 54.4 Å². The Morgan fingerprint density at radius 1 is 1.27 bits per heavy atom. The van der Waals surface area contributed by atoms with Crippen LogP contribution in [-0.2, 0) is 17.8 Å². The SMILES string of the molecule is CCc1nccn1CC(=O)N1CCCC(c2nc(N(C)C)ncc2-c2cccc(OC)c2)C1. The molecule has 3 aromatic rings. The van der Waals surface area contributed by atoms with E-state index < -0.39 is 0 Å². The van der Waals surface area contributed by atoms with Gasteiger partial charge >= 0.3 is 0 Å². The van der Waals surface area contributed by atoms with Gasteiger partial charge in [-0.1, -0.05) is 19.1 Å². The van der Waals surface area contributed by atoms with Gasteiger partial charge in [0.05, 0.1) is 12.8 Å². The molecule has 3 heterocycles. The van der Waals surface area contributed by atoms with Crippen molar-refractivity contribution in [3.63, 3.8) is 0 Å². The van der Waals surface area contributed by atoms with Gasteiger partial charge in [0, 0.05) is 63.7 Å². The van der Waals surface area contributed by atoms with Gasteiger partial charge in [-0.2, -0.15) is 0 Å². The lowest BCUT2D eigenvalue weighted by Gasteiger charge is -2.33. The van der Waals surface area contributed by atoms with Crippen molar-refractivity contribution in [3.8, 4) is 16.9 Å². The van der Waals surface area contributed by atoms with Crippen LogP contribution in [-0.4, -0.2) is 64.6 Å². The average Bonchev–Trinajstić information content (AvgIpc) is 3.30. The number of piperidine rings is 1. The quantitative estimate of drug-likeness (QED) is 0.552. The molecule has 1 unspecified atom stereocenters. The molecule has 174 valence electrons. The van der Waals surface area contributed by atoms with Gasteiger partial charge in [-0.25, -0.2) is 15.0 Å². The third-order valence-electron chi connectivity index (χ3n) is 6.17. The molecule has 2 aromatic heterocycles. The predicted molar refractivity (Wildman–Crippen MR) is 129 cm³/mol. The highest BCUT2D eigenvalue weighted by Gasteiger charge is 2.28. The highest BCUT2D eigenvalue weighted by Crippen LogP contribution is 2.35. The lowest BCUT2D eigenvalue weighted by Crippen LogP contribution is -2.41. The number of aryl methyl sites for hydroxylation is 1. The maximum atomic E-state index is 13.1. The Morgan fingerprint density at radius 3 is 2.88 bits per heavy atom. The van der Waals surface area contributed by atoms with Crippen molar-refractivity contribution < 1.29 is 9.53 Å². The van der Waals surface area contributed by atoms with Crippen LogP contribution in [0.5, 0.6) is 5.75 Å². The number of carbonyl (C=O) groups excluding carboxylic acids is 1. The molecule has 0 bridgehead atoms. The Kier molecular flexibility index (Phi) is 6.91. The topological polar surface area (TPSA) is 76.4 Å². The van der Waals surface area contributed by atoms with Crippen LogP contribution < -0.4 is 9.64 Å². The molecule has 1 amide bonds. The molecule has 33 heavy (non-hydrogen) atoms. The largest absolute Gasteiger partial charge is 0.497 e. The third-order valence-corrected chi connectivity index (χ3v) is 6.17. The summed E-state index contributed by atoms with van der Waals surface area (Å²) in [4.78, 5) is 30.9. The number of hydrogen-bond acceptors (Lipinski definition) is 6. The second-order valence-electron chi connectivity index (χ2n) is 8.60. The van der Waals surface area contributed by atoms with E-state index in [0.29, 0.717) is 19.0 Å². The summed E-state index contributed by atoms with van der Waals surface area (Å²) in [6.45, 7) is 3.80. The smallest absolute Gasteiger partial charge is 0.242 e. The van der Waals surface area contributed by atoms with Crippen molar-refractivity contribution in [1.82, 2.24) is 24.4 Å². The van der Waals surface area contributed by atoms with E-state index in [0.717, 1.165) is 54.2 Å². The van der Waals surface area contributed by atoms with Crippen LogP contribution in [0.2, 0.25) is 0 Å². The van der Waals surface area contributed by atoms with Gasteiger partial charge in [-0.15, -0.1) is 0 Å². The second kappa shape index (κ2) is 10.0. The third kappa shape index (κ3) is 4.99. The second-order valence-corrected chi connectivity index (χ2v) is 8.60. The average molecular weight is 449 g/mol. The van der Waals surface area contributed by atoms with Crippen molar-refractivity contribution in [1.29, 1.82) is 0 Å². The van der Waals surface area contributed by atoms with Crippen LogP contribution in [0, 0.1) is 0 Å².